The summed E-state index contributed by atoms with van der Waals surface area (Å²) in [6.07, 6.45) is 4.41. The van der Waals surface area contributed by atoms with Crippen LogP contribution >= 0.6 is 0 Å². The predicted molar refractivity (Wildman–Crippen MR) is 120 cm³/mol. The van der Waals surface area contributed by atoms with E-state index in [-0.39, 0.29) is 0 Å². The van der Waals surface area contributed by atoms with Gasteiger partial charge in [0.15, 0.2) is 5.96 Å². The summed E-state index contributed by atoms with van der Waals surface area (Å²) < 4.78 is 2.12. The van der Waals surface area contributed by atoms with E-state index in [0.29, 0.717) is 12.6 Å². The highest BCUT2D eigenvalue weighted by atomic mass is 15.2. The minimum absolute atomic E-state index is 0.375. The molecule has 2 aromatic heterocycles. The molecule has 6 nitrogen and oxygen atoms in total. The molecule has 1 aliphatic heterocycles. The Morgan fingerprint density at radius 3 is 2.76 bits per heavy atom. The van der Waals surface area contributed by atoms with Crippen LogP contribution in [-0.2, 0) is 6.54 Å². The largest absolute Gasteiger partial charge is 0.369 e. The Balaban J connectivity index is 1.35. The first-order valence-corrected chi connectivity index (χ1v) is 10.3. The van der Waals surface area contributed by atoms with Gasteiger partial charge in [-0.05, 0) is 51.0 Å². The first-order chi connectivity index (χ1) is 14.1. The summed E-state index contributed by atoms with van der Waals surface area (Å²) in [6.45, 7) is 6.96. The fraction of sp³-hybridized carbons (Fsp3) is 0.391. The number of rotatable bonds is 4. The van der Waals surface area contributed by atoms with Crippen molar-refractivity contribution in [2.45, 2.75) is 39.3 Å². The molecule has 1 fully saturated rings. The summed E-state index contributed by atoms with van der Waals surface area (Å²) in [5.41, 5.74) is 5.76. The third-order valence-electron chi connectivity index (χ3n) is 5.57. The van der Waals surface area contributed by atoms with E-state index in [0.717, 1.165) is 36.8 Å². The van der Waals surface area contributed by atoms with E-state index in [2.05, 4.69) is 75.3 Å². The second-order valence-corrected chi connectivity index (χ2v) is 7.82. The molecule has 2 N–H and O–H groups in total. The number of imidazole rings is 1. The average Bonchev–Trinajstić information content (AvgIpc) is 3.16. The molecule has 0 amide bonds. The second-order valence-electron chi connectivity index (χ2n) is 7.82. The first-order valence-electron chi connectivity index (χ1n) is 10.3. The predicted octanol–water partition coefficient (Wildman–Crippen LogP) is 3.29. The molecule has 0 saturated carbocycles. The minimum Gasteiger partial charge on any atom is -0.369 e. The number of anilines is 1. The molecule has 0 aliphatic carbocycles. The van der Waals surface area contributed by atoms with Gasteiger partial charge in [0.05, 0.1) is 12.2 Å². The number of piperidine rings is 1. The Bertz CT molecular complexity index is 988. The van der Waals surface area contributed by atoms with Gasteiger partial charge in [-0.2, -0.15) is 0 Å². The average molecular weight is 391 g/mol. The van der Waals surface area contributed by atoms with Gasteiger partial charge in [-0.15, -0.1) is 0 Å². The summed E-state index contributed by atoms with van der Waals surface area (Å²) >= 11 is 0. The minimum atomic E-state index is 0.375. The van der Waals surface area contributed by atoms with Crippen LogP contribution in [0.4, 0.5) is 5.69 Å². The maximum atomic E-state index is 4.69. The molecule has 1 aliphatic rings. The number of hydrogen-bond donors (Lipinski definition) is 2. The van der Waals surface area contributed by atoms with Crippen LogP contribution in [0, 0.1) is 13.8 Å². The normalized spacial score (nSPS) is 17.6. The van der Waals surface area contributed by atoms with Crippen molar-refractivity contribution in [3.05, 3.63) is 65.6 Å². The zero-order valence-electron chi connectivity index (χ0n) is 17.5. The topological polar surface area (TPSA) is 57.0 Å². The molecule has 3 heterocycles. The van der Waals surface area contributed by atoms with Crippen LogP contribution in [0.5, 0.6) is 0 Å². The molecule has 1 aromatic carbocycles. The zero-order chi connectivity index (χ0) is 20.2. The van der Waals surface area contributed by atoms with Crippen LogP contribution < -0.4 is 15.5 Å². The van der Waals surface area contributed by atoms with E-state index in [4.69, 9.17) is 4.98 Å². The highest BCUT2D eigenvalue weighted by Crippen LogP contribution is 2.20. The van der Waals surface area contributed by atoms with Gasteiger partial charge in [0, 0.05) is 43.8 Å². The highest BCUT2D eigenvalue weighted by molar-refractivity contribution is 5.80. The number of aliphatic imine (C=N–C) groups is 1. The van der Waals surface area contributed by atoms with Gasteiger partial charge in [-0.25, -0.2) is 4.98 Å². The van der Waals surface area contributed by atoms with Gasteiger partial charge < -0.3 is 19.9 Å². The fourth-order valence-corrected chi connectivity index (χ4v) is 3.93. The second kappa shape index (κ2) is 8.55. The summed E-state index contributed by atoms with van der Waals surface area (Å²) in [5, 5.41) is 7.01. The number of aromatic nitrogens is 2. The van der Waals surface area contributed by atoms with Crippen molar-refractivity contribution >= 4 is 17.3 Å². The van der Waals surface area contributed by atoms with Gasteiger partial charge in [-0.3, -0.25) is 4.99 Å². The number of benzene rings is 1. The third-order valence-corrected chi connectivity index (χ3v) is 5.57. The summed E-state index contributed by atoms with van der Waals surface area (Å²) in [4.78, 5) is 11.6. The number of fused-ring (bicyclic) bond motifs is 1. The lowest BCUT2D eigenvalue weighted by molar-refractivity contribution is 0.468. The Morgan fingerprint density at radius 2 is 2.00 bits per heavy atom. The molecule has 3 aromatic rings. The third kappa shape index (κ3) is 4.53. The smallest absolute Gasteiger partial charge is 0.191 e. The molecule has 1 saturated heterocycles. The number of pyridine rings is 1. The van der Waals surface area contributed by atoms with Crippen molar-refractivity contribution in [1.29, 1.82) is 0 Å². The maximum Gasteiger partial charge on any atom is 0.191 e. The first kappa shape index (κ1) is 19.3. The monoisotopic (exact) mass is 390 g/mol. The molecule has 152 valence electrons. The number of hydrogen-bond acceptors (Lipinski definition) is 3. The maximum absolute atomic E-state index is 4.69. The van der Waals surface area contributed by atoms with Crippen molar-refractivity contribution in [2.24, 2.45) is 4.99 Å². The van der Waals surface area contributed by atoms with Crippen molar-refractivity contribution in [2.75, 3.05) is 25.0 Å². The van der Waals surface area contributed by atoms with E-state index in [9.17, 15) is 0 Å². The Morgan fingerprint density at radius 1 is 1.17 bits per heavy atom. The molecule has 0 spiro atoms. The fourth-order valence-electron chi connectivity index (χ4n) is 3.93. The van der Waals surface area contributed by atoms with Crippen LogP contribution in [0.2, 0.25) is 0 Å². The SMILES string of the molecule is CN=C(NCc1cn2c(C)cccc2n1)NC1CCCN(c2ccc(C)cc2)C1. The van der Waals surface area contributed by atoms with Gasteiger partial charge in [-0.1, -0.05) is 23.8 Å². The Kier molecular flexibility index (Phi) is 5.69. The summed E-state index contributed by atoms with van der Waals surface area (Å²) in [6, 6.07) is 15.3. The van der Waals surface area contributed by atoms with Crippen LogP contribution in [0.3, 0.4) is 0 Å². The number of aryl methyl sites for hydroxylation is 2. The standard InChI is InChI=1S/C23H30N6/c1-17-9-11-21(12-10-17)28-13-5-7-19(15-28)27-23(24-3)25-14-20-16-29-18(2)6-4-8-22(29)26-20/h4,6,8-12,16,19H,5,7,13-15H2,1-3H3,(H2,24,25,27). The van der Waals surface area contributed by atoms with Crippen LogP contribution in [0.1, 0.15) is 29.8 Å². The van der Waals surface area contributed by atoms with Gasteiger partial charge in [0.2, 0.25) is 0 Å². The Labute approximate surface area is 172 Å². The van der Waals surface area contributed by atoms with E-state index >= 15 is 0 Å². The van der Waals surface area contributed by atoms with Gasteiger partial charge in [0.1, 0.15) is 5.65 Å². The van der Waals surface area contributed by atoms with Gasteiger partial charge >= 0.3 is 0 Å². The van der Waals surface area contributed by atoms with Crippen LogP contribution in [-0.4, -0.2) is 41.5 Å². The lowest BCUT2D eigenvalue weighted by atomic mass is 10.0. The molecular weight excluding hydrogens is 360 g/mol. The number of nitrogens with one attached hydrogen (secondary N) is 2. The molecule has 0 bridgehead atoms. The quantitative estimate of drug-likeness (QED) is 0.530. The molecule has 6 heteroatoms. The molecular formula is C23H30N6. The molecule has 0 radical (unpaired) electrons. The Hall–Kier alpha value is -3.02. The lowest BCUT2D eigenvalue weighted by Gasteiger charge is -2.35. The van der Waals surface area contributed by atoms with Crippen LogP contribution in [0.15, 0.2) is 53.7 Å². The van der Waals surface area contributed by atoms with Crippen molar-refractivity contribution in [1.82, 2.24) is 20.0 Å². The summed E-state index contributed by atoms with van der Waals surface area (Å²) in [5.74, 6) is 0.828. The highest BCUT2D eigenvalue weighted by Gasteiger charge is 2.21. The van der Waals surface area contributed by atoms with Crippen LogP contribution in [0.25, 0.3) is 5.65 Å². The molecule has 1 unspecified atom stereocenters. The van der Waals surface area contributed by atoms with E-state index in [1.54, 1.807) is 0 Å². The van der Waals surface area contributed by atoms with Crippen molar-refractivity contribution in [3.63, 3.8) is 0 Å². The molecule has 29 heavy (non-hydrogen) atoms. The molecule has 4 rings (SSSR count). The molecule has 1 atom stereocenters. The zero-order valence-corrected chi connectivity index (χ0v) is 17.5. The van der Waals surface area contributed by atoms with E-state index in [1.165, 1.54) is 23.4 Å². The van der Waals surface area contributed by atoms with E-state index in [1.807, 2.05) is 19.2 Å². The number of guanidine groups is 1. The van der Waals surface area contributed by atoms with Crippen molar-refractivity contribution in [3.8, 4) is 0 Å². The van der Waals surface area contributed by atoms with Crippen molar-refractivity contribution < 1.29 is 0 Å². The summed E-state index contributed by atoms with van der Waals surface area (Å²) in [7, 11) is 1.82. The van der Waals surface area contributed by atoms with Gasteiger partial charge in [0.25, 0.3) is 0 Å². The lowest BCUT2D eigenvalue weighted by Crippen LogP contribution is -2.51. The van der Waals surface area contributed by atoms with E-state index < -0.39 is 0 Å². The number of nitrogens with zero attached hydrogens (tertiary/aromatic N) is 4.